The monoisotopic (exact) mass is 805 g/mol. The molecule has 3 amide bonds. The molecule has 0 unspecified atom stereocenters. The van der Waals surface area contributed by atoms with Crippen molar-refractivity contribution in [3.05, 3.63) is 71.8 Å². The first kappa shape index (κ1) is 50.2. The molecular formula is C47H76N6O5. The van der Waals surface area contributed by atoms with E-state index in [2.05, 4.69) is 24.5 Å². The molecule has 0 aliphatic carbocycles. The number of ketones is 2. The van der Waals surface area contributed by atoms with Crippen molar-refractivity contribution in [3.63, 3.8) is 0 Å². The Kier molecular flexibility index (Phi) is 26.9. The van der Waals surface area contributed by atoms with E-state index in [0.29, 0.717) is 77.7 Å². The number of benzene rings is 2. The number of amides is 3. The van der Waals surface area contributed by atoms with Crippen LogP contribution in [0.1, 0.15) is 134 Å². The fourth-order valence-electron chi connectivity index (χ4n) is 7.20. The van der Waals surface area contributed by atoms with Gasteiger partial charge in [-0.2, -0.15) is 0 Å². The molecule has 0 radical (unpaired) electrons. The van der Waals surface area contributed by atoms with Crippen molar-refractivity contribution in [1.29, 1.82) is 0 Å². The van der Waals surface area contributed by atoms with Crippen LogP contribution in [0.4, 0.5) is 0 Å². The van der Waals surface area contributed by atoms with Gasteiger partial charge in [-0.1, -0.05) is 126 Å². The van der Waals surface area contributed by atoms with Crippen LogP contribution in [0.25, 0.3) is 0 Å². The normalized spacial score (nSPS) is 13.3. The minimum Gasteiger partial charge on any atom is -0.356 e. The Bertz CT molecular complexity index is 1350. The van der Waals surface area contributed by atoms with Gasteiger partial charge in [0.15, 0.2) is 0 Å². The molecule has 0 bridgehead atoms. The molecule has 11 nitrogen and oxygen atoms in total. The molecule has 4 atom stereocenters. The molecule has 58 heavy (non-hydrogen) atoms. The zero-order valence-corrected chi connectivity index (χ0v) is 35.8. The molecule has 11 heteroatoms. The van der Waals surface area contributed by atoms with Crippen LogP contribution in [0.15, 0.2) is 60.7 Å². The maximum atomic E-state index is 13.5. The Morgan fingerprint density at radius 2 is 1.00 bits per heavy atom. The largest absolute Gasteiger partial charge is 0.356 e. The summed E-state index contributed by atoms with van der Waals surface area (Å²) in [5.74, 6) is -1.63. The van der Waals surface area contributed by atoms with Crippen molar-refractivity contribution in [1.82, 2.24) is 15.5 Å². The lowest BCUT2D eigenvalue weighted by molar-refractivity contribution is -0.131. The second kappa shape index (κ2) is 31.1. The first-order valence-corrected chi connectivity index (χ1v) is 22.3. The second-order valence-corrected chi connectivity index (χ2v) is 15.9. The first-order chi connectivity index (χ1) is 28.1. The highest BCUT2D eigenvalue weighted by molar-refractivity contribution is 5.90. The fourth-order valence-corrected chi connectivity index (χ4v) is 7.20. The Labute approximate surface area is 349 Å². The molecule has 2 aromatic carbocycles. The standard InChI is InChI=1S/C47H76N6O5/c1-3-5-7-8-16-27-45(56)53(31-19-29-51-46(57)39(33-37-21-12-9-13-22-37)35-43(54)41(49)25-11-6-4-2)32-20-30-52-47(58)40(34-38-23-14-10-15-24-38)36-44(55)42(50)26-17-18-28-48/h9-10,12-15,21-24,39-42H,3-8,11,16-20,25-36,48-50H2,1-2H3,(H,51,57)(H,52,58)/t39-,40-,41+,42+/m0/s1. The summed E-state index contributed by atoms with van der Waals surface area (Å²) in [6, 6.07) is 18.2. The number of Topliss-reactive ketones (excluding diaryl/α,β-unsaturated/α-hetero) is 2. The van der Waals surface area contributed by atoms with Gasteiger partial charge >= 0.3 is 0 Å². The molecule has 0 aromatic heterocycles. The van der Waals surface area contributed by atoms with Crippen LogP contribution >= 0.6 is 0 Å². The lowest BCUT2D eigenvalue weighted by Gasteiger charge is -2.24. The van der Waals surface area contributed by atoms with Crippen LogP contribution < -0.4 is 27.8 Å². The lowest BCUT2D eigenvalue weighted by Crippen LogP contribution is -2.40. The van der Waals surface area contributed by atoms with Crippen LogP contribution in [-0.2, 0) is 36.8 Å². The number of rotatable bonds is 34. The maximum absolute atomic E-state index is 13.5. The van der Waals surface area contributed by atoms with Gasteiger partial charge in [0.1, 0.15) is 11.6 Å². The van der Waals surface area contributed by atoms with Crippen LogP contribution in [0, 0.1) is 11.8 Å². The van der Waals surface area contributed by atoms with Gasteiger partial charge in [0.05, 0.1) is 12.1 Å². The van der Waals surface area contributed by atoms with Gasteiger partial charge in [-0.3, -0.25) is 24.0 Å². The average Bonchev–Trinajstić information content (AvgIpc) is 3.22. The highest BCUT2D eigenvalue weighted by atomic mass is 16.2. The predicted molar refractivity (Wildman–Crippen MR) is 235 cm³/mol. The van der Waals surface area contributed by atoms with Gasteiger partial charge in [0.2, 0.25) is 17.7 Å². The molecule has 0 fully saturated rings. The molecular weight excluding hydrogens is 729 g/mol. The van der Waals surface area contributed by atoms with Gasteiger partial charge in [0.25, 0.3) is 0 Å². The van der Waals surface area contributed by atoms with Crippen molar-refractivity contribution in [2.45, 2.75) is 148 Å². The van der Waals surface area contributed by atoms with E-state index in [-0.39, 0.29) is 42.1 Å². The number of carbonyl (C=O) groups excluding carboxylic acids is 5. The summed E-state index contributed by atoms with van der Waals surface area (Å²) in [5, 5.41) is 6.08. The van der Waals surface area contributed by atoms with Crippen LogP contribution in [-0.4, -0.2) is 79.0 Å². The van der Waals surface area contributed by atoms with E-state index >= 15 is 0 Å². The van der Waals surface area contributed by atoms with E-state index in [1.54, 1.807) is 0 Å². The quantitative estimate of drug-likeness (QED) is 0.0518. The topological polar surface area (TPSA) is 191 Å². The van der Waals surface area contributed by atoms with E-state index in [9.17, 15) is 24.0 Å². The smallest absolute Gasteiger partial charge is 0.223 e. The SMILES string of the molecule is CCCCCCCC(=O)N(CCCNC(=O)[C@H](CC(=O)[C@H](N)CCCCC)Cc1ccccc1)CCCNC(=O)[C@H](CC(=O)[C@H](N)CCCCN)Cc1ccccc1. The number of hydrogen-bond donors (Lipinski definition) is 5. The summed E-state index contributed by atoms with van der Waals surface area (Å²) in [6.07, 6.45) is 13.5. The first-order valence-electron chi connectivity index (χ1n) is 22.3. The van der Waals surface area contributed by atoms with E-state index in [4.69, 9.17) is 17.2 Å². The van der Waals surface area contributed by atoms with Crippen molar-refractivity contribution in [3.8, 4) is 0 Å². The maximum Gasteiger partial charge on any atom is 0.223 e. The third-order valence-electron chi connectivity index (χ3n) is 10.9. The zero-order chi connectivity index (χ0) is 42.4. The Morgan fingerprint density at radius 3 is 1.45 bits per heavy atom. The van der Waals surface area contributed by atoms with Gasteiger partial charge < -0.3 is 32.7 Å². The molecule has 8 N–H and O–H groups in total. The van der Waals surface area contributed by atoms with Gasteiger partial charge in [0, 0.05) is 57.3 Å². The molecule has 324 valence electrons. The third-order valence-corrected chi connectivity index (χ3v) is 10.9. The number of unbranched alkanes of at least 4 members (excludes halogenated alkanes) is 7. The number of carbonyl (C=O) groups is 5. The summed E-state index contributed by atoms with van der Waals surface area (Å²) in [4.78, 5) is 68.5. The molecule has 0 heterocycles. The van der Waals surface area contributed by atoms with E-state index in [1.807, 2.05) is 65.6 Å². The summed E-state index contributed by atoms with van der Waals surface area (Å²) in [6.45, 7) is 6.45. The Balaban J connectivity index is 2.01. The lowest BCUT2D eigenvalue weighted by atomic mass is 9.90. The van der Waals surface area contributed by atoms with Crippen LogP contribution in [0.3, 0.4) is 0 Å². The van der Waals surface area contributed by atoms with Gasteiger partial charge in [-0.05, 0) is 69.0 Å². The molecule has 0 saturated carbocycles. The molecule has 0 spiro atoms. The van der Waals surface area contributed by atoms with Crippen LogP contribution in [0.5, 0.6) is 0 Å². The summed E-state index contributed by atoms with van der Waals surface area (Å²) in [7, 11) is 0. The number of nitrogens with zero attached hydrogens (tertiary/aromatic N) is 1. The molecule has 2 rings (SSSR count). The summed E-state index contributed by atoms with van der Waals surface area (Å²) in [5.41, 5.74) is 20.0. The Morgan fingerprint density at radius 1 is 0.569 bits per heavy atom. The minimum atomic E-state index is -0.625. The summed E-state index contributed by atoms with van der Waals surface area (Å²) >= 11 is 0. The fraction of sp³-hybridized carbons (Fsp3) is 0.638. The van der Waals surface area contributed by atoms with Crippen LogP contribution in [0.2, 0.25) is 0 Å². The van der Waals surface area contributed by atoms with E-state index in [1.165, 1.54) is 0 Å². The molecule has 0 aliphatic rings. The minimum absolute atomic E-state index is 0.0605. The third kappa shape index (κ3) is 21.7. The molecule has 2 aromatic rings. The zero-order valence-electron chi connectivity index (χ0n) is 35.8. The molecule has 0 saturated heterocycles. The highest BCUT2D eigenvalue weighted by Gasteiger charge is 2.27. The number of nitrogens with one attached hydrogen (secondary N) is 2. The second-order valence-electron chi connectivity index (χ2n) is 15.9. The van der Waals surface area contributed by atoms with E-state index in [0.717, 1.165) is 75.3 Å². The van der Waals surface area contributed by atoms with Crippen molar-refractivity contribution >= 4 is 29.3 Å². The summed E-state index contributed by atoms with van der Waals surface area (Å²) < 4.78 is 0. The van der Waals surface area contributed by atoms with Gasteiger partial charge in [-0.15, -0.1) is 0 Å². The average molecular weight is 805 g/mol. The number of hydrogen-bond acceptors (Lipinski definition) is 8. The van der Waals surface area contributed by atoms with Crippen molar-refractivity contribution < 1.29 is 24.0 Å². The van der Waals surface area contributed by atoms with Gasteiger partial charge in [-0.25, -0.2) is 0 Å². The Hall–Kier alpha value is -3.93. The predicted octanol–water partition coefficient (Wildman–Crippen LogP) is 6.19. The highest BCUT2D eigenvalue weighted by Crippen LogP contribution is 2.18. The van der Waals surface area contributed by atoms with Crippen molar-refractivity contribution in [2.24, 2.45) is 29.0 Å². The van der Waals surface area contributed by atoms with E-state index < -0.39 is 23.9 Å². The molecule has 0 aliphatic heterocycles. The van der Waals surface area contributed by atoms with Crippen molar-refractivity contribution in [2.75, 3.05) is 32.7 Å². The number of nitrogens with two attached hydrogens (primary N) is 3.